The second-order valence-corrected chi connectivity index (χ2v) is 6.17. The summed E-state index contributed by atoms with van der Waals surface area (Å²) < 4.78 is 10.8. The number of carbonyl (C=O) groups excluding carboxylic acids is 1. The molecular formula is C19H23N3O3. The molecule has 1 aromatic carbocycles. The lowest BCUT2D eigenvalue weighted by Crippen LogP contribution is -2.38. The van der Waals surface area contributed by atoms with Gasteiger partial charge in [0.1, 0.15) is 0 Å². The summed E-state index contributed by atoms with van der Waals surface area (Å²) in [7, 11) is 1.36. The first-order valence-corrected chi connectivity index (χ1v) is 8.50. The van der Waals surface area contributed by atoms with E-state index in [1.54, 1.807) is 6.07 Å². The van der Waals surface area contributed by atoms with E-state index < -0.39 is 5.97 Å². The van der Waals surface area contributed by atoms with Gasteiger partial charge in [0, 0.05) is 18.8 Å². The lowest BCUT2D eigenvalue weighted by molar-refractivity contribution is 0.0249. The fourth-order valence-electron chi connectivity index (χ4n) is 2.91. The number of ether oxygens (including phenoxy) is 2. The van der Waals surface area contributed by atoms with Crippen molar-refractivity contribution in [1.82, 2.24) is 9.97 Å². The summed E-state index contributed by atoms with van der Waals surface area (Å²) in [6.45, 7) is 4.11. The summed E-state index contributed by atoms with van der Waals surface area (Å²) in [5, 5.41) is 0. The highest BCUT2D eigenvalue weighted by Crippen LogP contribution is 2.20. The summed E-state index contributed by atoms with van der Waals surface area (Å²) in [4.78, 5) is 22.6. The van der Waals surface area contributed by atoms with Crippen molar-refractivity contribution < 1.29 is 14.3 Å². The lowest BCUT2D eigenvalue weighted by Gasteiger charge is -2.32. The number of benzene rings is 1. The first kappa shape index (κ1) is 17.4. The predicted octanol–water partition coefficient (Wildman–Crippen LogP) is 2.76. The largest absolute Gasteiger partial charge is 0.464 e. The zero-order chi connectivity index (χ0) is 17.6. The number of anilines is 1. The Bertz CT molecular complexity index is 713. The quantitative estimate of drug-likeness (QED) is 0.779. The highest BCUT2D eigenvalue weighted by molar-refractivity contribution is 5.87. The SMILES string of the molecule is COC(=O)c1cc(C)nc(N2CCC(OCc3ccccc3)CC2)n1. The van der Waals surface area contributed by atoms with Crippen LogP contribution in [-0.4, -0.2) is 42.2 Å². The molecule has 0 bridgehead atoms. The Morgan fingerprint density at radius 3 is 2.60 bits per heavy atom. The molecule has 0 amide bonds. The Hall–Kier alpha value is -2.47. The molecule has 0 radical (unpaired) electrons. The Kier molecular flexibility index (Phi) is 5.60. The van der Waals surface area contributed by atoms with Crippen LogP contribution in [0.3, 0.4) is 0 Å². The van der Waals surface area contributed by atoms with Gasteiger partial charge in [-0.2, -0.15) is 0 Å². The summed E-state index contributed by atoms with van der Waals surface area (Å²) in [6.07, 6.45) is 2.07. The van der Waals surface area contributed by atoms with Crippen LogP contribution < -0.4 is 4.90 Å². The molecule has 1 aromatic heterocycles. The number of aryl methyl sites for hydroxylation is 1. The fraction of sp³-hybridized carbons (Fsp3) is 0.421. The van der Waals surface area contributed by atoms with Crippen LogP contribution >= 0.6 is 0 Å². The molecule has 1 fully saturated rings. The molecule has 0 unspecified atom stereocenters. The maximum atomic E-state index is 11.7. The van der Waals surface area contributed by atoms with Crippen LogP contribution in [-0.2, 0) is 16.1 Å². The highest BCUT2D eigenvalue weighted by atomic mass is 16.5. The number of hydrogen-bond donors (Lipinski definition) is 0. The van der Waals surface area contributed by atoms with Gasteiger partial charge >= 0.3 is 5.97 Å². The van der Waals surface area contributed by atoms with Gasteiger partial charge < -0.3 is 14.4 Å². The molecule has 6 heteroatoms. The van der Waals surface area contributed by atoms with Crippen molar-refractivity contribution in [1.29, 1.82) is 0 Å². The third-order valence-electron chi connectivity index (χ3n) is 4.29. The van der Waals surface area contributed by atoms with E-state index in [0.29, 0.717) is 18.2 Å². The summed E-state index contributed by atoms with van der Waals surface area (Å²) in [5.41, 5.74) is 2.25. The molecule has 6 nitrogen and oxygen atoms in total. The summed E-state index contributed by atoms with van der Waals surface area (Å²) in [6, 6.07) is 11.8. The van der Waals surface area contributed by atoms with Crippen molar-refractivity contribution >= 4 is 11.9 Å². The van der Waals surface area contributed by atoms with E-state index in [1.165, 1.54) is 12.7 Å². The van der Waals surface area contributed by atoms with Gasteiger partial charge in [-0.05, 0) is 31.4 Å². The molecule has 2 heterocycles. The van der Waals surface area contributed by atoms with E-state index in [4.69, 9.17) is 9.47 Å². The fourth-order valence-corrected chi connectivity index (χ4v) is 2.91. The van der Waals surface area contributed by atoms with Gasteiger partial charge in [-0.25, -0.2) is 14.8 Å². The average molecular weight is 341 g/mol. The Balaban J connectivity index is 1.57. The zero-order valence-corrected chi connectivity index (χ0v) is 14.6. The van der Waals surface area contributed by atoms with Gasteiger partial charge in [0.25, 0.3) is 0 Å². The molecule has 0 N–H and O–H groups in total. The number of nitrogens with zero attached hydrogens (tertiary/aromatic N) is 3. The third kappa shape index (κ3) is 4.54. The Morgan fingerprint density at radius 1 is 1.20 bits per heavy atom. The van der Waals surface area contributed by atoms with E-state index in [9.17, 15) is 4.79 Å². The minimum atomic E-state index is -0.437. The van der Waals surface area contributed by atoms with Crippen LogP contribution in [0.4, 0.5) is 5.95 Å². The van der Waals surface area contributed by atoms with Crippen LogP contribution in [0.5, 0.6) is 0 Å². The normalized spacial score (nSPS) is 15.2. The van der Waals surface area contributed by atoms with Crippen molar-refractivity contribution in [2.24, 2.45) is 0 Å². The first-order valence-electron chi connectivity index (χ1n) is 8.50. The average Bonchev–Trinajstić information content (AvgIpc) is 2.66. The second kappa shape index (κ2) is 8.07. The van der Waals surface area contributed by atoms with Crippen LogP contribution in [0.25, 0.3) is 0 Å². The first-order chi connectivity index (χ1) is 12.2. The van der Waals surface area contributed by atoms with Crippen molar-refractivity contribution in [2.75, 3.05) is 25.1 Å². The molecule has 0 atom stereocenters. The standard InChI is InChI=1S/C19H23N3O3/c1-14-12-17(18(23)24-2)21-19(20-14)22-10-8-16(9-11-22)25-13-15-6-4-3-5-7-15/h3-7,12,16H,8-11,13H2,1-2H3. The second-order valence-electron chi connectivity index (χ2n) is 6.17. The number of methoxy groups -OCH3 is 1. The maximum absolute atomic E-state index is 11.7. The summed E-state index contributed by atoms with van der Waals surface area (Å²) >= 11 is 0. The van der Waals surface area contributed by atoms with E-state index in [2.05, 4.69) is 27.0 Å². The molecule has 0 saturated carbocycles. The Labute approximate surface area is 147 Å². The number of hydrogen-bond acceptors (Lipinski definition) is 6. The highest BCUT2D eigenvalue weighted by Gasteiger charge is 2.23. The van der Waals surface area contributed by atoms with Crippen molar-refractivity contribution in [3.63, 3.8) is 0 Å². The van der Waals surface area contributed by atoms with Gasteiger partial charge in [0.2, 0.25) is 5.95 Å². The van der Waals surface area contributed by atoms with Crippen molar-refractivity contribution in [2.45, 2.75) is 32.5 Å². The molecule has 3 rings (SSSR count). The molecule has 132 valence electrons. The van der Waals surface area contributed by atoms with Crippen molar-refractivity contribution in [3.8, 4) is 0 Å². The minimum Gasteiger partial charge on any atom is -0.464 e. The number of piperidine rings is 1. The molecule has 1 aliphatic heterocycles. The van der Waals surface area contributed by atoms with Crippen molar-refractivity contribution in [3.05, 3.63) is 53.3 Å². The van der Waals surface area contributed by atoms with Gasteiger partial charge in [0.15, 0.2) is 5.69 Å². The van der Waals surface area contributed by atoms with Crippen LogP contribution in [0.1, 0.15) is 34.6 Å². The van der Waals surface area contributed by atoms with E-state index in [0.717, 1.165) is 31.6 Å². The number of aromatic nitrogens is 2. The van der Waals surface area contributed by atoms with E-state index in [1.807, 2.05) is 25.1 Å². The monoisotopic (exact) mass is 341 g/mol. The van der Waals surface area contributed by atoms with Gasteiger partial charge in [-0.1, -0.05) is 30.3 Å². The molecule has 2 aromatic rings. The zero-order valence-electron chi connectivity index (χ0n) is 14.6. The third-order valence-corrected chi connectivity index (χ3v) is 4.29. The number of rotatable bonds is 5. The van der Waals surface area contributed by atoms with Gasteiger partial charge in [0.05, 0.1) is 19.8 Å². The predicted molar refractivity (Wildman–Crippen MR) is 94.6 cm³/mol. The molecular weight excluding hydrogens is 318 g/mol. The molecule has 25 heavy (non-hydrogen) atoms. The van der Waals surface area contributed by atoms with Crippen LogP contribution in [0, 0.1) is 6.92 Å². The molecule has 0 aliphatic carbocycles. The van der Waals surface area contributed by atoms with E-state index >= 15 is 0 Å². The van der Waals surface area contributed by atoms with Crippen LogP contribution in [0.2, 0.25) is 0 Å². The van der Waals surface area contributed by atoms with Gasteiger partial charge in [-0.15, -0.1) is 0 Å². The minimum absolute atomic E-state index is 0.237. The lowest BCUT2D eigenvalue weighted by atomic mass is 10.1. The molecule has 1 saturated heterocycles. The Morgan fingerprint density at radius 2 is 1.92 bits per heavy atom. The smallest absolute Gasteiger partial charge is 0.356 e. The number of carbonyl (C=O) groups is 1. The maximum Gasteiger partial charge on any atom is 0.356 e. The molecule has 0 spiro atoms. The topological polar surface area (TPSA) is 64.5 Å². The molecule has 1 aliphatic rings. The number of esters is 1. The van der Waals surface area contributed by atoms with Crippen LogP contribution in [0.15, 0.2) is 36.4 Å². The van der Waals surface area contributed by atoms with E-state index in [-0.39, 0.29) is 6.10 Å². The summed E-state index contributed by atoms with van der Waals surface area (Å²) in [5.74, 6) is 0.148. The van der Waals surface area contributed by atoms with Gasteiger partial charge in [-0.3, -0.25) is 0 Å².